The fourth-order valence-corrected chi connectivity index (χ4v) is 4.46. The van der Waals surface area contributed by atoms with Gasteiger partial charge in [-0.1, -0.05) is 35.9 Å². The molecule has 0 saturated carbocycles. The first kappa shape index (κ1) is 17.0. The first-order valence-electron chi connectivity index (χ1n) is 7.54. The van der Waals surface area contributed by atoms with E-state index in [4.69, 9.17) is 11.6 Å². The molecule has 1 unspecified atom stereocenters. The number of nitrogens with one attached hydrogen (secondary N) is 2. The van der Waals surface area contributed by atoms with Crippen molar-refractivity contribution < 1.29 is 13.2 Å². The topological polar surface area (TPSA) is 75.3 Å². The molecular weight excluding hydrogens is 348 g/mol. The largest absolute Gasteiger partial charge is 0.325 e. The lowest BCUT2D eigenvalue weighted by atomic mass is 10.1. The molecule has 0 heterocycles. The van der Waals surface area contributed by atoms with Gasteiger partial charge in [-0.3, -0.25) is 4.79 Å². The molecule has 0 aromatic heterocycles. The molecule has 2 aromatic rings. The Labute approximate surface area is 146 Å². The van der Waals surface area contributed by atoms with Crippen molar-refractivity contribution >= 4 is 33.2 Å². The Morgan fingerprint density at radius 2 is 1.96 bits per heavy atom. The quantitative estimate of drug-likeness (QED) is 0.874. The molecule has 1 atom stereocenters. The van der Waals surface area contributed by atoms with Crippen LogP contribution >= 0.6 is 11.6 Å². The second-order valence-corrected chi connectivity index (χ2v) is 7.86. The molecule has 0 bridgehead atoms. The molecule has 0 fully saturated rings. The molecule has 1 amide bonds. The molecular formula is C17H17ClN2O3S. The van der Waals surface area contributed by atoms with Crippen molar-refractivity contribution in [2.75, 3.05) is 5.32 Å². The van der Waals surface area contributed by atoms with Crippen molar-refractivity contribution in [3.8, 4) is 0 Å². The number of rotatable bonds is 4. The maximum Gasteiger partial charge on any atom is 0.241 e. The average Bonchev–Trinajstić information content (AvgIpc) is 2.91. The van der Waals surface area contributed by atoms with E-state index in [2.05, 4.69) is 10.0 Å². The number of carbonyl (C=O) groups excluding carboxylic acids is 1. The van der Waals surface area contributed by atoms with Crippen LogP contribution in [-0.2, 0) is 21.2 Å². The van der Waals surface area contributed by atoms with Gasteiger partial charge in [0, 0.05) is 13.0 Å². The van der Waals surface area contributed by atoms with Crippen LogP contribution in [0.4, 0.5) is 5.69 Å². The van der Waals surface area contributed by atoms with Crippen LogP contribution in [0, 0.1) is 0 Å². The zero-order valence-corrected chi connectivity index (χ0v) is 14.6. The van der Waals surface area contributed by atoms with Crippen LogP contribution in [0.3, 0.4) is 0 Å². The van der Waals surface area contributed by atoms with Crippen LogP contribution in [0.15, 0.2) is 47.4 Å². The number of amides is 1. The summed E-state index contributed by atoms with van der Waals surface area (Å²) in [6.07, 6.45) is 1.59. The molecule has 7 heteroatoms. The number of hydrogen-bond acceptors (Lipinski definition) is 3. The molecule has 0 saturated heterocycles. The Balaban J connectivity index is 1.84. The first-order valence-corrected chi connectivity index (χ1v) is 9.40. The molecule has 2 aromatic carbocycles. The molecule has 2 N–H and O–H groups in total. The van der Waals surface area contributed by atoms with Gasteiger partial charge in [-0.2, -0.15) is 0 Å². The number of fused-ring (bicyclic) bond motifs is 1. The zero-order valence-electron chi connectivity index (χ0n) is 13.0. The Kier molecular flexibility index (Phi) is 4.62. The third-order valence-electron chi connectivity index (χ3n) is 3.99. The van der Waals surface area contributed by atoms with E-state index in [0.29, 0.717) is 5.69 Å². The predicted octanol–water partition coefficient (Wildman–Crippen LogP) is 3.26. The maximum atomic E-state index is 12.6. The number of aryl methyl sites for hydroxylation is 1. The van der Waals surface area contributed by atoms with Crippen molar-refractivity contribution in [2.45, 2.75) is 30.7 Å². The minimum Gasteiger partial charge on any atom is -0.325 e. The van der Waals surface area contributed by atoms with Crippen molar-refractivity contribution in [1.82, 2.24) is 4.72 Å². The Morgan fingerprint density at radius 1 is 1.21 bits per heavy atom. The molecule has 24 heavy (non-hydrogen) atoms. The highest BCUT2D eigenvalue weighted by Crippen LogP contribution is 2.33. The molecule has 0 spiro atoms. The number of hydrogen-bond donors (Lipinski definition) is 2. The Bertz CT molecular complexity index is 896. The van der Waals surface area contributed by atoms with Crippen LogP contribution in [0.1, 0.15) is 30.5 Å². The smallest absolute Gasteiger partial charge is 0.241 e. The second-order valence-electron chi connectivity index (χ2n) is 5.73. The van der Waals surface area contributed by atoms with E-state index in [0.717, 1.165) is 18.4 Å². The minimum atomic E-state index is -3.70. The summed E-state index contributed by atoms with van der Waals surface area (Å²) in [5.74, 6) is -0.270. The van der Waals surface area contributed by atoms with Crippen molar-refractivity contribution in [3.63, 3.8) is 0 Å². The standard InChI is InChI=1S/C17H17ClN2O3S/c1-11(21)19-17-9-7-13(10-15(17)18)24(22,23)20-16-8-6-12-4-2-3-5-14(12)16/h2-5,7,9-10,16,20H,6,8H2,1H3,(H,19,21). The van der Waals surface area contributed by atoms with E-state index in [9.17, 15) is 13.2 Å². The number of sulfonamides is 1. The summed E-state index contributed by atoms with van der Waals surface area (Å²) < 4.78 is 28.0. The summed E-state index contributed by atoms with van der Waals surface area (Å²) in [5.41, 5.74) is 2.57. The fourth-order valence-electron chi connectivity index (χ4n) is 2.89. The number of halogens is 1. The third kappa shape index (κ3) is 3.45. The van der Waals surface area contributed by atoms with Gasteiger partial charge in [0.25, 0.3) is 0 Å². The molecule has 1 aliphatic rings. The van der Waals surface area contributed by atoms with E-state index in [-0.39, 0.29) is 21.9 Å². The van der Waals surface area contributed by atoms with Gasteiger partial charge >= 0.3 is 0 Å². The van der Waals surface area contributed by atoms with Gasteiger partial charge in [-0.15, -0.1) is 0 Å². The van der Waals surface area contributed by atoms with Gasteiger partial charge in [-0.25, -0.2) is 13.1 Å². The molecule has 126 valence electrons. The first-order chi connectivity index (χ1) is 11.4. The van der Waals surface area contributed by atoms with Gasteiger partial charge < -0.3 is 5.32 Å². The summed E-state index contributed by atoms with van der Waals surface area (Å²) in [6, 6.07) is 11.9. The SMILES string of the molecule is CC(=O)Nc1ccc(S(=O)(=O)NC2CCc3ccccc32)cc1Cl. The Hall–Kier alpha value is -1.89. The number of carbonyl (C=O) groups is 1. The van der Waals surface area contributed by atoms with Crippen LogP contribution in [0.5, 0.6) is 0 Å². The highest BCUT2D eigenvalue weighted by molar-refractivity contribution is 7.89. The molecule has 0 aliphatic heterocycles. The highest BCUT2D eigenvalue weighted by Gasteiger charge is 2.27. The average molecular weight is 365 g/mol. The number of anilines is 1. The third-order valence-corrected chi connectivity index (χ3v) is 5.77. The molecule has 1 aliphatic carbocycles. The van der Waals surface area contributed by atoms with E-state index < -0.39 is 10.0 Å². The summed E-state index contributed by atoms with van der Waals surface area (Å²) in [4.78, 5) is 11.2. The van der Waals surface area contributed by atoms with Gasteiger partial charge in [-0.05, 0) is 42.2 Å². The summed E-state index contributed by atoms with van der Waals surface area (Å²) in [6.45, 7) is 1.36. The normalized spacial score (nSPS) is 16.7. The maximum absolute atomic E-state index is 12.6. The lowest BCUT2D eigenvalue weighted by Gasteiger charge is -2.15. The molecule has 5 nitrogen and oxygen atoms in total. The lowest BCUT2D eigenvalue weighted by Crippen LogP contribution is -2.27. The van der Waals surface area contributed by atoms with E-state index in [1.165, 1.54) is 30.7 Å². The van der Waals surface area contributed by atoms with Gasteiger partial charge in [0.1, 0.15) is 0 Å². The van der Waals surface area contributed by atoms with Gasteiger partial charge in [0.2, 0.25) is 15.9 Å². The molecule has 3 rings (SSSR count). The number of benzene rings is 2. The van der Waals surface area contributed by atoms with Gasteiger partial charge in [0.15, 0.2) is 0 Å². The van der Waals surface area contributed by atoms with Crippen LogP contribution in [0.25, 0.3) is 0 Å². The van der Waals surface area contributed by atoms with E-state index >= 15 is 0 Å². The van der Waals surface area contributed by atoms with Gasteiger partial charge in [0.05, 0.1) is 15.6 Å². The van der Waals surface area contributed by atoms with E-state index in [1.807, 2.05) is 24.3 Å². The summed E-state index contributed by atoms with van der Waals surface area (Å²) >= 11 is 6.07. The van der Waals surface area contributed by atoms with Crippen LogP contribution < -0.4 is 10.0 Å². The van der Waals surface area contributed by atoms with Crippen LogP contribution in [0.2, 0.25) is 5.02 Å². The predicted molar refractivity (Wildman–Crippen MR) is 93.6 cm³/mol. The van der Waals surface area contributed by atoms with Crippen molar-refractivity contribution in [2.24, 2.45) is 0 Å². The lowest BCUT2D eigenvalue weighted by molar-refractivity contribution is -0.114. The monoisotopic (exact) mass is 364 g/mol. The zero-order chi connectivity index (χ0) is 17.3. The van der Waals surface area contributed by atoms with E-state index in [1.54, 1.807) is 0 Å². The Morgan fingerprint density at radius 3 is 2.67 bits per heavy atom. The second kappa shape index (κ2) is 6.55. The minimum absolute atomic E-state index is 0.0750. The fraction of sp³-hybridized carbons (Fsp3) is 0.235. The summed E-state index contributed by atoms with van der Waals surface area (Å²) in [5, 5.41) is 2.73. The van der Waals surface area contributed by atoms with Crippen LogP contribution in [-0.4, -0.2) is 14.3 Å². The summed E-state index contributed by atoms with van der Waals surface area (Å²) in [7, 11) is -3.70. The van der Waals surface area contributed by atoms with Crippen molar-refractivity contribution in [1.29, 1.82) is 0 Å². The highest BCUT2D eigenvalue weighted by atomic mass is 35.5. The molecule has 0 radical (unpaired) electrons. The van der Waals surface area contributed by atoms with Crippen molar-refractivity contribution in [3.05, 3.63) is 58.6 Å².